The smallest absolute Gasteiger partial charge is 0.127 e. The lowest BCUT2D eigenvalue weighted by atomic mass is 9.89. The molecule has 17 heavy (non-hydrogen) atoms. The van der Waals surface area contributed by atoms with Gasteiger partial charge in [0, 0.05) is 5.02 Å². The Morgan fingerprint density at radius 3 is 2.59 bits per heavy atom. The summed E-state index contributed by atoms with van der Waals surface area (Å²) >= 11 is 5.73. The zero-order valence-corrected chi connectivity index (χ0v) is 11.5. The summed E-state index contributed by atoms with van der Waals surface area (Å²) < 4.78 is 13.6. The Morgan fingerprint density at radius 2 is 2.00 bits per heavy atom. The Kier molecular flexibility index (Phi) is 5.93. The first kappa shape index (κ1) is 14.5. The third-order valence-electron chi connectivity index (χ3n) is 3.24. The molecule has 0 bridgehead atoms. The molecule has 96 valence electrons. The molecule has 1 aromatic carbocycles. The van der Waals surface area contributed by atoms with E-state index in [-0.39, 0.29) is 5.82 Å². The molecule has 3 heteroatoms. The number of hydrogen-bond donors (Lipinski definition) is 1. The molecule has 2 atom stereocenters. The monoisotopic (exact) mass is 257 g/mol. The molecule has 0 radical (unpaired) electrons. The fraction of sp³-hybridized carbons (Fsp3) is 0.571. The lowest BCUT2D eigenvalue weighted by molar-refractivity contribution is 0.364. The maximum Gasteiger partial charge on any atom is 0.127 e. The Labute approximate surface area is 108 Å². The van der Waals surface area contributed by atoms with Crippen molar-refractivity contribution >= 4 is 11.6 Å². The van der Waals surface area contributed by atoms with Crippen LogP contribution in [0.4, 0.5) is 4.39 Å². The van der Waals surface area contributed by atoms with Gasteiger partial charge in [0.15, 0.2) is 0 Å². The molecule has 0 aromatic heterocycles. The average molecular weight is 258 g/mol. The van der Waals surface area contributed by atoms with Crippen LogP contribution >= 0.6 is 11.6 Å². The maximum absolute atomic E-state index is 13.6. The van der Waals surface area contributed by atoms with Crippen molar-refractivity contribution in [2.24, 2.45) is 11.8 Å². The fourth-order valence-corrected chi connectivity index (χ4v) is 1.97. The molecule has 0 saturated heterocycles. The Hall–Kier alpha value is -0.600. The van der Waals surface area contributed by atoms with Gasteiger partial charge in [-0.05, 0) is 49.0 Å². The molecule has 0 heterocycles. The summed E-state index contributed by atoms with van der Waals surface area (Å²) in [6, 6.07) is 4.92. The maximum atomic E-state index is 13.6. The van der Waals surface area contributed by atoms with Crippen molar-refractivity contribution in [2.45, 2.75) is 27.2 Å². The van der Waals surface area contributed by atoms with Crippen molar-refractivity contribution in [3.63, 3.8) is 0 Å². The number of nitrogens with one attached hydrogen (secondary N) is 1. The van der Waals surface area contributed by atoms with Crippen LogP contribution in [-0.2, 0) is 6.42 Å². The molecular weight excluding hydrogens is 237 g/mol. The van der Waals surface area contributed by atoms with Crippen LogP contribution in [0, 0.1) is 17.7 Å². The second kappa shape index (κ2) is 6.97. The second-order valence-electron chi connectivity index (χ2n) is 4.70. The van der Waals surface area contributed by atoms with E-state index >= 15 is 0 Å². The third-order valence-corrected chi connectivity index (χ3v) is 3.48. The van der Waals surface area contributed by atoms with Crippen LogP contribution in [0.1, 0.15) is 26.3 Å². The van der Waals surface area contributed by atoms with Gasteiger partial charge in [-0.15, -0.1) is 0 Å². The van der Waals surface area contributed by atoms with Crippen molar-refractivity contribution in [3.8, 4) is 0 Å². The molecule has 1 N–H and O–H groups in total. The van der Waals surface area contributed by atoms with Crippen LogP contribution in [0.15, 0.2) is 18.2 Å². The molecule has 0 fully saturated rings. The van der Waals surface area contributed by atoms with Crippen molar-refractivity contribution in [1.82, 2.24) is 5.32 Å². The summed E-state index contributed by atoms with van der Waals surface area (Å²) in [5.74, 6) is 0.787. The fourth-order valence-electron chi connectivity index (χ4n) is 1.81. The lowest BCUT2D eigenvalue weighted by Gasteiger charge is -2.20. The molecule has 1 rings (SSSR count). The zero-order chi connectivity index (χ0) is 12.8. The minimum Gasteiger partial charge on any atom is -0.317 e. The van der Waals surface area contributed by atoms with Gasteiger partial charge >= 0.3 is 0 Å². The van der Waals surface area contributed by atoms with E-state index in [1.54, 1.807) is 12.1 Å². The van der Waals surface area contributed by atoms with Crippen LogP contribution < -0.4 is 5.32 Å². The van der Waals surface area contributed by atoms with Gasteiger partial charge in [-0.3, -0.25) is 0 Å². The molecule has 1 aromatic rings. The highest BCUT2D eigenvalue weighted by Gasteiger charge is 2.14. The predicted molar refractivity (Wildman–Crippen MR) is 72.0 cm³/mol. The van der Waals surface area contributed by atoms with E-state index < -0.39 is 0 Å². The van der Waals surface area contributed by atoms with Crippen molar-refractivity contribution in [2.75, 3.05) is 13.1 Å². The Morgan fingerprint density at radius 1 is 1.29 bits per heavy atom. The van der Waals surface area contributed by atoms with E-state index in [1.807, 2.05) is 0 Å². The van der Waals surface area contributed by atoms with Gasteiger partial charge < -0.3 is 5.32 Å². The Balaban J connectivity index is 2.58. The molecule has 0 aliphatic carbocycles. The molecular formula is C14H21ClFN. The summed E-state index contributed by atoms with van der Waals surface area (Å²) in [5.41, 5.74) is 0.755. The molecule has 0 spiro atoms. The van der Waals surface area contributed by atoms with E-state index in [9.17, 15) is 4.39 Å². The first-order valence-electron chi connectivity index (χ1n) is 6.19. The van der Waals surface area contributed by atoms with Crippen molar-refractivity contribution < 1.29 is 4.39 Å². The quantitative estimate of drug-likeness (QED) is 0.815. The van der Waals surface area contributed by atoms with Gasteiger partial charge in [-0.1, -0.05) is 38.4 Å². The van der Waals surface area contributed by atoms with Gasteiger partial charge in [-0.25, -0.2) is 4.39 Å². The molecule has 0 saturated carbocycles. The van der Waals surface area contributed by atoms with Crippen LogP contribution in [0.3, 0.4) is 0 Å². The predicted octanol–water partition coefficient (Wildman–Crippen LogP) is 3.90. The summed E-state index contributed by atoms with van der Waals surface area (Å²) in [7, 11) is 0. The third kappa shape index (κ3) is 4.64. The van der Waals surface area contributed by atoms with Gasteiger partial charge in [0.05, 0.1) is 0 Å². The van der Waals surface area contributed by atoms with E-state index in [0.29, 0.717) is 16.9 Å². The van der Waals surface area contributed by atoms with E-state index in [2.05, 4.69) is 26.1 Å². The highest BCUT2D eigenvalue weighted by molar-refractivity contribution is 6.30. The SMILES string of the molecule is CCNCC(C)C(C)Cc1ccc(Cl)cc1F. The second-order valence-corrected chi connectivity index (χ2v) is 5.14. The normalized spacial score (nSPS) is 14.6. The zero-order valence-electron chi connectivity index (χ0n) is 10.8. The van der Waals surface area contributed by atoms with Crippen LogP contribution in [-0.4, -0.2) is 13.1 Å². The number of hydrogen-bond acceptors (Lipinski definition) is 1. The summed E-state index contributed by atoms with van der Waals surface area (Å²) in [4.78, 5) is 0. The number of halogens is 2. The van der Waals surface area contributed by atoms with Crippen molar-refractivity contribution in [3.05, 3.63) is 34.6 Å². The van der Waals surface area contributed by atoms with E-state index in [0.717, 1.165) is 25.1 Å². The molecule has 0 aliphatic rings. The average Bonchev–Trinajstić information content (AvgIpc) is 2.29. The molecule has 0 amide bonds. The largest absolute Gasteiger partial charge is 0.317 e. The summed E-state index contributed by atoms with van der Waals surface area (Å²) in [6.45, 7) is 8.41. The Bertz CT molecular complexity index is 354. The van der Waals surface area contributed by atoms with Gasteiger partial charge in [0.1, 0.15) is 5.82 Å². The van der Waals surface area contributed by atoms with Gasteiger partial charge in [0.25, 0.3) is 0 Å². The highest BCUT2D eigenvalue weighted by Crippen LogP contribution is 2.21. The minimum absolute atomic E-state index is 0.194. The number of benzene rings is 1. The van der Waals surface area contributed by atoms with E-state index in [1.165, 1.54) is 6.07 Å². The molecule has 1 nitrogen and oxygen atoms in total. The van der Waals surface area contributed by atoms with Crippen LogP contribution in [0.5, 0.6) is 0 Å². The van der Waals surface area contributed by atoms with Crippen molar-refractivity contribution in [1.29, 1.82) is 0 Å². The van der Waals surface area contributed by atoms with Crippen LogP contribution in [0.25, 0.3) is 0 Å². The van der Waals surface area contributed by atoms with E-state index in [4.69, 9.17) is 11.6 Å². The number of rotatable bonds is 6. The summed E-state index contributed by atoms with van der Waals surface area (Å²) in [6.07, 6.45) is 0.759. The highest BCUT2D eigenvalue weighted by atomic mass is 35.5. The first-order valence-corrected chi connectivity index (χ1v) is 6.57. The molecule has 2 unspecified atom stereocenters. The minimum atomic E-state index is -0.194. The lowest BCUT2D eigenvalue weighted by Crippen LogP contribution is -2.26. The van der Waals surface area contributed by atoms with Gasteiger partial charge in [-0.2, -0.15) is 0 Å². The molecule has 0 aliphatic heterocycles. The van der Waals surface area contributed by atoms with Crippen LogP contribution in [0.2, 0.25) is 5.02 Å². The topological polar surface area (TPSA) is 12.0 Å². The standard InChI is InChI=1S/C14H21ClFN/c1-4-17-9-11(3)10(2)7-12-5-6-13(15)8-14(12)16/h5-6,8,10-11,17H,4,7,9H2,1-3H3. The first-order chi connectivity index (χ1) is 8.04. The summed E-state index contributed by atoms with van der Waals surface area (Å²) in [5, 5.41) is 3.78. The van der Waals surface area contributed by atoms with Gasteiger partial charge in [0.2, 0.25) is 0 Å².